The molecule has 2 aliphatic carbocycles. The number of aromatic nitrogens is 2. The van der Waals surface area contributed by atoms with E-state index in [0.717, 1.165) is 24.7 Å². The molecule has 1 fully saturated rings. The fourth-order valence-corrected chi connectivity index (χ4v) is 4.81. The summed E-state index contributed by atoms with van der Waals surface area (Å²) < 4.78 is 25.6. The number of carbonyl (C=O) groups excluding carboxylic acids is 2. The molecule has 1 heterocycles. The van der Waals surface area contributed by atoms with Crippen LogP contribution in [-0.2, 0) is 15.3 Å². The number of rotatable bonds is 5. The monoisotopic (exact) mass is 440 g/mol. The summed E-state index contributed by atoms with van der Waals surface area (Å²) in [6.07, 6.45) is 10.5. The Morgan fingerprint density at radius 3 is 2.61 bits per heavy atom. The average Bonchev–Trinajstić information content (AvgIpc) is 3.35. The van der Waals surface area contributed by atoms with Gasteiger partial charge >= 0.3 is 0 Å². The first-order valence-electron chi connectivity index (χ1n) is 9.95. The Morgan fingerprint density at radius 1 is 1.29 bits per heavy atom. The van der Waals surface area contributed by atoms with Crippen LogP contribution in [0.4, 0.5) is 0 Å². The highest BCUT2D eigenvalue weighted by Gasteiger charge is 2.43. The lowest BCUT2D eigenvalue weighted by Crippen LogP contribution is -2.41. The van der Waals surface area contributed by atoms with Crippen molar-refractivity contribution in [3.8, 4) is 0 Å². The van der Waals surface area contributed by atoms with Crippen LogP contribution in [0.3, 0.4) is 0 Å². The first-order valence-corrected chi connectivity index (χ1v) is 11.8. The molecular formula is C22H24N4O4S. The third kappa shape index (κ3) is 3.93. The Morgan fingerprint density at radius 2 is 2.03 bits per heavy atom. The van der Waals surface area contributed by atoms with Crippen molar-refractivity contribution in [2.45, 2.75) is 37.6 Å². The van der Waals surface area contributed by atoms with Gasteiger partial charge in [-0.2, -0.15) is 0 Å². The number of nitrogens with zero attached hydrogens (tertiary/aromatic N) is 2. The van der Waals surface area contributed by atoms with E-state index in [1.165, 1.54) is 35.4 Å². The van der Waals surface area contributed by atoms with Crippen LogP contribution in [0.15, 0.2) is 59.7 Å². The number of aryl methyl sites for hydroxylation is 1. The Labute approximate surface area is 180 Å². The predicted octanol–water partition coefficient (Wildman–Crippen LogP) is 1.84. The number of nitrogens with one attached hydrogen (secondary N) is 1. The fraction of sp³-hybridized carbons (Fsp3) is 0.318. The Hall–Kier alpha value is -3.20. The molecule has 1 atom stereocenters. The van der Waals surface area contributed by atoms with Crippen LogP contribution in [-0.4, -0.2) is 42.1 Å². The Kier molecular flexibility index (Phi) is 5.09. The lowest BCUT2D eigenvalue weighted by molar-refractivity contribution is 0.0827. The van der Waals surface area contributed by atoms with Crippen molar-refractivity contribution in [2.24, 2.45) is 5.73 Å². The van der Waals surface area contributed by atoms with E-state index in [-0.39, 0.29) is 34.9 Å². The van der Waals surface area contributed by atoms with Gasteiger partial charge in [-0.3, -0.25) is 14.2 Å². The maximum absolute atomic E-state index is 13.6. The van der Waals surface area contributed by atoms with E-state index in [1.54, 1.807) is 18.2 Å². The molecule has 1 aromatic carbocycles. The average molecular weight is 441 g/mol. The van der Waals surface area contributed by atoms with Gasteiger partial charge in [0, 0.05) is 36.0 Å². The molecular weight excluding hydrogens is 416 g/mol. The first-order chi connectivity index (χ1) is 14.6. The van der Waals surface area contributed by atoms with Crippen LogP contribution in [0, 0.1) is 6.92 Å². The SMILES string of the molecule is Cc1ccc(C(=O)NC2CC2)cc1C1(C(=O)n2ccnc2)C=C(N)C(S(C)(=O)=O)=CC1. The van der Waals surface area contributed by atoms with Crippen LogP contribution < -0.4 is 11.1 Å². The predicted molar refractivity (Wildman–Crippen MR) is 116 cm³/mol. The van der Waals surface area contributed by atoms with E-state index in [4.69, 9.17) is 5.73 Å². The van der Waals surface area contributed by atoms with Crippen LogP contribution in [0.25, 0.3) is 0 Å². The molecule has 1 unspecified atom stereocenters. The van der Waals surface area contributed by atoms with E-state index in [0.29, 0.717) is 11.1 Å². The smallest absolute Gasteiger partial charge is 0.251 e. The van der Waals surface area contributed by atoms with E-state index < -0.39 is 15.3 Å². The molecule has 8 nitrogen and oxygen atoms in total. The van der Waals surface area contributed by atoms with Gasteiger partial charge < -0.3 is 11.1 Å². The number of amides is 1. The number of benzene rings is 1. The van der Waals surface area contributed by atoms with Gasteiger partial charge in [-0.05, 0) is 55.5 Å². The number of carbonyl (C=O) groups is 2. The molecule has 1 aromatic heterocycles. The summed E-state index contributed by atoms with van der Waals surface area (Å²) in [5.74, 6) is -0.534. The van der Waals surface area contributed by atoms with E-state index >= 15 is 0 Å². The number of allylic oxidation sites excluding steroid dienone is 2. The van der Waals surface area contributed by atoms with Gasteiger partial charge in [0.05, 0.1) is 10.3 Å². The molecule has 31 heavy (non-hydrogen) atoms. The molecule has 1 saturated carbocycles. The van der Waals surface area contributed by atoms with Crippen LogP contribution in [0.2, 0.25) is 0 Å². The quantitative estimate of drug-likeness (QED) is 0.731. The highest BCUT2D eigenvalue weighted by molar-refractivity contribution is 7.94. The third-order valence-electron chi connectivity index (χ3n) is 5.71. The van der Waals surface area contributed by atoms with Crippen molar-refractivity contribution < 1.29 is 18.0 Å². The summed E-state index contributed by atoms with van der Waals surface area (Å²) in [4.78, 5) is 30.3. The molecule has 9 heteroatoms. The minimum absolute atomic E-state index is 0.00170. The van der Waals surface area contributed by atoms with E-state index in [1.807, 2.05) is 6.92 Å². The standard InChI is InChI=1S/C22H24N4O4S/c1-14-3-4-15(20(27)25-16-5-6-16)11-17(14)22(21(28)26-10-9-24-13-26)8-7-19(18(23)12-22)31(2,29)30/h3-4,7,9-13,16H,5-6,8,23H2,1-2H3,(H,25,27). The van der Waals surface area contributed by atoms with Crippen LogP contribution >= 0.6 is 0 Å². The second-order valence-electron chi connectivity index (χ2n) is 8.17. The molecule has 2 aliphatic rings. The fourth-order valence-electron chi connectivity index (χ4n) is 3.93. The van der Waals surface area contributed by atoms with Crippen LogP contribution in [0.1, 0.15) is 45.5 Å². The molecule has 0 aliphatic heterocycles. The third-order valence-corrected chi connectivity index (χ3v) is 6.91. The highest BCUT2D eigenvalue weighted by Crippen LogP contribution is 2.40. The van der Waals surface area contributed by atoms with Crippen molar-refractivity contribution in [1.82, 2.24) is 14.9 Å². The molecule has 1 amide bonds. The maximum Gasteiger partial charge on any atom is 0.251 e. The van der Waals surface area contributed by atoms with Crippen LogP contribution in [0.5, 0.6) is 0 Å². The summed E-state index contributed by atoms with van der Waals surface area (Å²) in [5, 5.41) is 2.95. The normalized spacial score (nSPS) is 21.2. The summed E-state index contributed by atoms with van der Waals surface area (Å²) in [6, 6.07) is 5.41. The number of hydrogen-bond acceptors (Lipinski definition) is 6. The van der Waals surface area contributed by atoms with Gasteiger partial charge in [0.15, 0.2) is 9.84 Å². The summed E-state index contributed by atoms with van der Waals surface area (Å²) in [7, 11) is -3.55. The molecule has 0 spiro atoms. The van der Waals surface area contributed by atoms with Crippen molar-refractivity contribution in [2.75, 3.05) is 6.26 Å². The lowest BCUT2D eigenvalue weighted by Gasteiger charge is -2.34. The molecule has 0 radical (unpaired) electrons. The van der Waals surface area contributed by atoms with Crippen molar-refractivity contribution in [3.63, 3.8) is 0 Å². The maximum atomic E-state index is 13.6. The van der Waals surface area contributed by atoms with E-state index in [9.17, 15) is 18.0 Å². The zero-order chi connectivity index (χ0) is 22.4. The number of hydrogen-bond donors (Lipinski definition) is 2. The lowest BCUT2D eigenvalue weighted by atomic mass is 9.72. The van der Waals surface area contributed by atoms with E-state index in [2.05, 4.69) is 10.3 Å². The minimum Gasteiger partial charge on any atom is -0.398 e. The van der Waals surface area contributed by atoms with Gasteiger partial charge in [0.25, 0.3) is 5.91 Å². The van der Waals surface area contributed by atoms with Gasteiger partial charge in [-0.25, -0.2) is 13.4 Å². The summed E-state index contributed by atoms with van der Waals surface area (Å²) >= 11 is 0. The first kappa shape index (κ1) is 21.0. The highest BCUT2D eigenvalue weighted by atomic mass is 32.2. The summed E-state index contributed by atoms with van der Waals surface area (Å²) in [5.41, 5.74) is 6.71. The van der Waals surface area contributed by atoms with Crippen molar-refractivity contribution >= 4 is 21.7 Å². The molecule has 4 rings (SSSR count). The topological polar surface area (TPSA) is 124 Å². The Bertz CT molecular complexity index is 1220. The molecule has 0 bridgehead atoms. The van der Waals surface area contributed by atoms with Gasteiger partial charge in [0.2, 0.25) is 5.91 Å². The van der Waals surface area contributed by atoms with Gasteiger partial charge in [-0.15, -0.1) is 0 Å². The van der Waals surface area contributed by atoms with Gasteiger partial charge in [-0.1, -0.05) is 12.1 Å². The second-order valence-corrected chi connectivity index (χ2v) is 10.2. The number of sulfone groups is 1. The molecule has 2 aromatic rings. The number of nitrogens with two attached hydrogens (primary N) is 1. The zero-order valence-electron chi connectivity index (χ0n) is 17.3. The molecule has 162 valence electrons. The zero-order valence-corrected chi connectivity index (χ0v) is 18.1. The minimum atomic E-state index is -3.55. The van der Waals surface area contributed by atoms with Crippen molar-refractivity contribution in [3.05, 3.63) is 76.4 Å². The molecule has 0 saturated heterocycles. The number of imidazole rings is 1. The largest absolute Gasteiger partial charge is 0.398 e. The van der Waals surface area contributed by atoms with Crippen molar-refractivity contribution in [1.29, 1.82) is 0 Å². The Balaban J connectivity index is 1.86. The van der Waals surface area contributed by atoms with Gasteiger partial charge in [0.1, 0.15) is 6.33 Å². The second kappa shape index (κ2) is 7.49. The summed E-state index contributed by atoms with van der Waals surface area (Å²) in [6.45, 7) is 1.85. The molecule has 3 N–H and O–H groups in total.